The highest BCUT2D eigenvalue weighted by atomic mass is 16.1. The number of aromatic amines is 2. The summed E-state index contributed by atoms with van der Waals surface area (Å²) in [5.74, 6) is 0. The first-order valence-electron chi connectivity index (χ1n) is 14.5. The fourth-order valence-electron chi connectivity index (χ4n) is 7.21. The molecule has 5 aromatic carbocycles. The Hall–Kier alpha value is -5.36. The minimum atomic E-state index is -0.0436. The second kappa shape index (κ2) is 8.10. The highest BCUT2D eigenvalue weighted by molar-refractivity contribution is 6.15. The van der Waals surface area contributed by atoms with Gasteiger partial charge in [0.15, 0.2) is 10.9 Å². The molecule has 0 bridgehead atoms. The Kier molecular flexibility index (Phi) is 4.51. The van der Waals surface area contributed by atoms with Gasteiger partial charge in [-0.2, -0.15) is 0 Å². The van der Waals surface area contributed by atoms with Crippen LogP contribution in [0.5, 0.6) is 0 Å². The normalized spacial score (nSPS) is 12.4. The van der Waals surface area contributed by atoms with Crippen LogP contribution in [0, 0.1) is 0 Å². The molecule has 42 heavy (non-hydrogen) atoms. The third-order valence-electron chi connectivity index (χ3n) is 9.13. The van der Waals surface area contributed by atoms with E-state index in [1.165, 1.54) is 0 Å². The number of aromatic nitrogens is 4. The number of rotatable bonds is 2. The van der Waals surface area contributed by atoms with Gasteiger partial charge in [-0.05, 0) is 62.4 Å². The van der Waals surface area contributed by atoms with Crippen molar-refractivity contribution in [3.8, 4) is 0 Å². The highest BCUT2D eigenvalue weighted by Gasteiger charge is 2.17. The van der Waals surface area contributed by atoms with Crippen molar-refractivity contribution < 1.29 is 0 Å². The summed E-state index contributed by atoms with van der Waals surface area (Å²) >= 11 is 0. The number of benzene rings is 5. The van der Waals surface area contributed by atoms with Crippen LogP contribution < -0.4 is 10.9 Å². The predicted molar refractivity (Wildman–Crippen MR) is 175 cm³/mol. The molecule has 2 N–H and O–H groups in total. The molecule has 9 aromatic rings. The molecule has 4 heterocycles. The van der Waals surface area contributed by atoms with Crippen LogP contribution >= 0.6 is 0 Å². The van der Waals surface area contributed by atoms with Crippen molar-refractivity contribution in [2.45, 2.75) is 26.9 Å². The molecule has 0 aliphatic heterocycles. The summed E-state index contributed by atoms with van der Waals surface area (Å²) in [5, 5.41) is 6.95. The number of hydrogen-bond donors (Lipinski definition) is 2. The summed E-state index contributed by atoms with van der Waals surface area (Å²) in [6.45, 7) is 5.87. The van der Waals surface area contributed by atoms with Gasteiger partial charge >= 0.3 is 0 Å². The van der Waals surface area contributed by atoms with Gasteiger partial charge in [-0.15, -0.1) is 0 Å². The van der Waals surface area contributed by atoms with E-state index in [-0.39, 0.29) is 10.9 Å². The minimum absolute atomic E-state index is 0.0436. The molecule has 0 aliphatic rings. The summed E-state index contributed by atoms with van der Waals surface area (Å²) < 4.78 is 4.52. The van der Waals surface area contributed by atoms with E-state index in [1.54, 1.807) is 0 Å². The molecule has 6 nitrogen and oxygen atoms in total. The predicted octanol–water partition coefficient (Wildman–Crippen LogP) is 7.93. The number of para-hydroxylation sites is 2. The standard InChI is InChI=1S/C36H26N4O2/c1-3-39-31-11-7-5-9-19(31)21-13-27-25(17-33(21)39)35(41)23-15-30-24(16-29(23)37-27)36(42)26-18-34-22(14-28(26)38-30)20-10-6-8-12-32(20)40(34)4-2/h5-18H,3-4H2,1-2H3,(H,37,41)(H,38,42). The van der Waals surface area contributed by atoms with Gasteiger partial charge in [-0.25, -0.2) is 0 Å². The van der Waals surface area contributed by atoms with E-state index in [9.17, 15) is 9.59 Å². The zero-order valence-electron chi connectivity index (χ0n) is 23.2. The van der Waals surface area contributed by atoms with Crippen LogP contribution in [-0.2, 0) is 13.1 Å². The quantitative estimate of drug-likeness (QED) is 0.216. The molecule has 0 unspecified atom stereocenters. The Morgan fingerprint density at radius 3 is 1.21 bits per heavy atom. The van der Waals surface area contributed by atoms with Crippen molar-refractivity contribution in [1.29, 1.82) is 0 Å². The lowest BCUT2D eigenvalue weighted by molar-refractivity contribution is 0.827. The molecule has 4 aromatic heterocycles. The fourth-order valence-corrected chi connectivity index (χ4v) is 7.21. The molecule has 0 aliphatic carbocycles. The van der Waals surface area contributed by atoms with Gasteiger partial charge in [0.2, 0.25) is 0 Å². The summed E-state index contributed by atoms with van der Waals surface area (Å²) in [6, 6.07) is 28.5. The van der Waals surface area contributed by atoms with Gasteiger partial charge in [0, 0.05) is 78.2 Å². The summed E-state index contributed by atoms with van der Waals surface area (Å²) in [5.41, 5.74) is 7.17. The van der Waals surface area contributed by atoms with E-state index in [0.29, 0.717) is 32.6 Å². The molecule has 0 atom stereocenters. The van der Waals surface area contributed by atoms with Crippen LogP contribution in [0.25, 0.3) is 87.2 Å². The van der Waals surface area contributed by atoms with Crippen LogP contribution in [0.1, 0.15) is 13.8 Å². The molecule has 0 amide bonds. The largest absolute Gasteiger partial charge is 0.354 e. The Bertz CT molecular complexity index is 2560. The van der Waals surface area contributed by atoms with Crippen LogP contribution in [0.2, 0.25) is 0 Å². The molecule has 202 valence electrons. The van der Waals surface area contributed by atoms with Crippen LogP contribution in [0.3, 0.4) is 0 Å². The Labute approximate surface area is 238 Å². The first kappa shape index (κ1) is 23.4. The number of aryl methyl sites for hydroxylation is 2. The summed E-state index contributed by atoms with van der Waals surface area (Å²) in [7, 11) is 0. The second-order valence-electron chi connectivity index (χ2n) is 11.2. The van der Waals surface area contributed by atoms with Gasteiger partial charge in [0.25, 0.3) is 0 Å². The monoisotopic (exact) mass is 546 g/mol. The maximum Gasteiger partial charge on any atom is 0.197 e. The first-order valence-corrected chi connectivity index (χ1v) is 14.5. The molecule has 9 rings (SSSR count). The minimum Gasteiger partial charge on any atom is -0.354 e. The van der Waals surface area contributed by atoms with E-state index in [1.807, 2.05) is 48.5 Å². The van der Waals surface area contributed by atoms with Crippen molar-refractivity contribution in [2.24, 2.45) is 0 Å². The molecule has 0 spiro atoms. The van der Waals surface area contributed by atoms with E-state index >= 15 is 0 Å². The molecule has 0 saturated heterocycles. The van der Waals surface area contributed by atoms with Crippen molar-refractivity contribution in [3.63, 3.8) is 0 Å². The third-order valence-corrected chi connectivity index (χ3v) is 9.13. The fraction of sp³-hybridized carbons (Fsp3) is 0.111. The topological polar surface area (TPSA) is 75.6 Å². The Balaban J connectivity index is 1.38. The summed E-state index contributed by atoms with van der Waals surface area (Å²) in [4.78, 5) is 34.9. The zero-order chi connectivity index (χ0) is 28.3. The number of hydrogen-bond acceptors (Lipinski definition) is 2. The lowest BCUT2D eigenvalue weighted by Crippen LogP contribution is -2.08. The molecule has 0 saturated carbocycles. The Morgan fingerprint density at radius 2 is 0.810 bits per heavy atom. The smallest absolute Gasteiger partial charge is 0.197 e. The van der Waals surface area contributed by atoms with Gasteiger partial charge in [-0.3, -0.25) is 9.59 Å². The average Bonchev–Trinajstić information content (AvgIpc) is 3.50. The highest BCUT2D eigenvalue weighted by Crippen LogP contribution is 2.34. The van der Waals surface area contributed by atoms with Crippen molar-refractivity contribution >= 4 is 87.2 Å². The van der Waals surface area contributed by atoms with Gasteiger partial charge in [0.1, 0.15) is 0 Å². The SMILES string of the molecule is CCn1c2ccccc2c2cc3[nH]c4cc5c(=O)c6cc7c(cc6[nH]c5cc4c(=O)c3cc21)c1ccccc1n7CC. The van der Waals surface area contributed by atoms with E-state index in [2.05, 4.69) is 69.3 Å². The third kappa shape index (κ3) is 2.88. The van der Waals surface area contributed by atoms with Gasteiger partial charge < -0.3 is 19.1 Å². The Morgan fingerprint density at radius 1 is 0.452 bits per heavy atom. The van der Waals surface area contributed by atoms with Gasteiger partial charge in [-0.1, -0.05) is 36.4 Å². The van der Waals surface area contributed by atoms with E-state index in [4.69, 9.17) is 0 Å². The molecule has 0 fully saturated rings. The number of pyridine rings is 2. The molecule has 6 heteroatoms. The van der Waals surface area contributed by atoms with Crippen LogP contribution in [0.4, 0.5) is 0 Å². The maximum absolute atomic E-state index is 14.0. The van der Waals surface area contributed by atoms with E-state index in [0.717, 1.165) is 67.7 Å². The number of nitrogens with zero attached hydrogens (tertiary/aromatic N) is 2. The molecular formula is C36H26N4O2. The number of fused-ring (bicyclic) bond motifs is 10. The second-order valence-corrected chi connectivity index (χ2v) is 11.2. The van der Waals surface area contributed by atoms with E-state index < -0.39 is 0 Å². The summed E-state index contributed by atoms with van der Waals surface area (Å²) in [6.07, 6.45) is 0. The maximum atomic E-state index is 14.0. The van der Waals surface area contributed by atoms with Crippen molar-refractivity contribution in [2.75, 3.05) is 0 Å². The molecular weight excluding hydrogens is 520 g/mol. The average molecular weight is 547 g/mol. The molecule has 0 radical (unpaired) electrons. The van der Waals surface area contributed by atoms with Crippen LogP contribution in [0.15, 0.2) is 94.5 Å². The van der Waals surface area contributed by atoms with Crippen LogP contribution in [-0.4, -0.2) is 19.1 Å². The number of H-pyrrole nitrogens is 2. The van der Waals surface area contributed by atoms with Crippen molar-refractivity contribution in [3.05, 3.63) is 105 Å². The number of nitrogens with one attached hydrogen (secondary N) is 2. The first-order chi connectivity index (χ1) is 20.6. The van der Waals surface area contributed by atoms with Crippen molar-refractivity contribution in [1.82, 2.24) is 19.1 Å². The lowest BCUT2D eigenvalue weighted by atomic mass is 10.0. The van der Waals surface area contributed by atoms with Gasteiger partial charge in [0.05, 0.1) is 22.1 Å². The zero-order valence-corrected chi connectivity index (χ0v) is 23.2. The lowest BCUT2D eigenvalue weighted by Gasteiger charge is -2.09.